The largest absolute Gasteiger partial charge is 0.457 e. The van der Waals surface area contributed by atoms with Gasteiger partial charge in [0.15, 0.2) is 0 Å². The molecule has 146 valence electrons. The molecule has 1 N–H and O–H groups in total. The van der Waals surface area contributed by atoms with Gasteiger partial charge in [0.05, 0.1) is 4.90 Å². The van der Waals surface area contributed by atoms with Crippen molar-refractivity contribution in [2.45, 2.75) is 24.8 Å². The molecule has 0 radical (unpaired) electrons. The quantitative estimate of drug-likeness (QED) is 0.486. The lowest BCUT2D eigenvalue weighted by Crippen LogP contribution is -2.39. The molecular formula is C21H21NO5S. The van der Waals surface area contributed by atoms with Crippen LogP contribution in [0, 0.1) is 6.92 Å². The van der Waals surface area contributed by atoms with Crippen LogP contribution in [0.5, 0.6) is 5.75 Å². The molecule has 0 bridgehead atoms. The zero-order chi connectivity index (χ0) is 20.1. The van der Waals surface area contributed by atoms with Crippen LogP contribution in [0.3, 0.4) is 0 Å². The molecule has 0 aliphatic heterocycles. The Hall–Kier alpha value is -2.90. The number of aryl methyl sites for hydroxylation is 1. The number of benzene rings is 3. The van der Waals surface area contributed by atoms with Crippen LogP contribution < -0.4 is 9.46 Å². The first kappa shape index (κ1) is 19.9. The van der Waals surface area contributed by atoms with Crippen LogP contribution in [0.1, 0.15) is 12.5 Å². The van der Waals surface area contributed by atoms with Crippen LogP contribution >= 0.6 is 0 Å². The van der Waals surface area contributed by atoms with Crippen LogP contribution in [0.25, 0.3) is 10.8 Å². The molecule has 0 unspecified atom stereocenters. The Morgan fingerprint density at radius 2 is 1.68 bits per heavy atom. The predicted molar refractivity (Wildman–Crippen MR) is 106 cm³/mol. The van der Waals surface area contributed by atoms with E-state index in [2.05, 4.69) is 4.72 Å². The van der Waals surface area contributed by atoms with E-state index in [1.54, 1.807) is 18.2 Å². The van der Waals surface area contributed by atoms with Crippen molar-refractivity contribution in [2.24, 2.45) is 0 Å². The molecule has 28 heavy (non-hydrogen) atoms. The van der Waals surface area contributed by atoms with Crippen molar-refractivity contribution in [3.8, 4) is 5.75 Å². The number of carbonyl (C=O) groups excluding carboxylic acids is 1. The molecular weight excluding hydrogens is 378 g/mol. The highest BCUT2D eigenvalue weighted by molar-refractivity contribution is 7.89. The minimum Gasteiger partial charge on any atom is -0.457 e. The van der Waals surface area contributed by atoms with Gasteiger partial charge >= 0.3 is 5.97 Å². The number of esters is 1. The molecule has 0 aliphatic carbocycles. The van der Waals surface area contributed by atoms with Crippen LogP contribution in [0.2, 0.25) is 0 Å². The molecule has 1 atom stereocenters. The maximum absolute atomic E-state index is 12.3. The summed E-state index contributed by atoms with van der Waals surface area (Å²) < 4.78 is 37.4. The summed E-state index contributed by atoms with van der Waals surface area (Å²) in [5, 5.41) is 2.08. The van der Waals surface area contributed by atoms with Gasteiger partial charge in [-0.05, 0) is 48.9 Å². The molecule has 0 aliphatic rings. The van der Waals surface area contributed by atoms with Crippen molar-refractivity contribution >= 4 is 26.8 Å². The van der Waals surface area contributed by atoms with E-state index in [9.17, 15) is 13.2 Å². The average Bonchev–Trinajstić information content (AvgIpc) is 2.67. The van der Waals surface area contributed by atoms with Crippen LogP contribution in [-0.4, -0.2) is 27.2 Å². The summed E-state index contributed by atoms with van der Waals surface area (Å²) in [6.45, 7) is 2.97. The van der Waals surface area contributed by atoms with Crippen molar-refractivity contribution < 1.29 is 22.7 Å². The lowest BCUT2D eigenvalue weighted by atomic mass is 10.1. The third-order valence-electron chi connectivity index (χ3n) is 4.16. The first-order valence-electron chi connectivity index (χ1n) is 8.72. The number of hydrogen-bond acceptors (Lipinski definition) is 5. The van der Waals surface area contributed by atoms with Gasteiger partial charge in [-0.2, -0.15) is 4.72 Å². The summed E-state index contributed by atoms with van der Waals surface area (Å²) in [6, 6.07) is 18.6. The Morgan fingerprint density at radius 3 is 2.39 bits per heavy atom. The lowest BCUT2D eigenvalue weighted by Gasteiger charge is -2.14. The van der Waals surface area contributed by atoms with E-state index >= 15 is 0 Å². The second-order valence-electron chi connectivity index (χ2n) is 6.39. The van der Waals surface area contributed by atoms with Gasteiger partial charge in [0.1, 0.15) is 11.8 Å². The highest BCUT2D eigenvalue weighted by Crippen LogP contribution is 2.20. The number of rotatable bonds is 7. The summed E-state index contributed by atoms with van der Waals surface area (Å²) in [6.07, 6.45) is 0. The standard InChI is InChI=1S/C21H21NO5S/c1-15-7-11-20(12-8-15)28(24,25)22-16(2)21(23)27-14-26-19-10-9-17-5-3-4-6-18(17)13-19/h3-13,16,22H,14H2,1-2H3/t16-/m0/s1. The number of sulfonamides is 1. The molecule has 3 aromatic rings. The molecule has 0 saturated carbocycles. The van der Waals surface area contributed by atoms with Gasteiger partial charge in [-0.3, -0.25) is 4.79 Å². The fraction of sp³-hybridized carbons (Fsp3) is 0.190. The lowest BCUT2D eigenvalue weighted by molar-refractivity contribution is -0.151. The summed E-state index contributed by atoms with van der Waals surface area (Å²) in [7, 11) is -3.81. The Morgan fingerprint density at radius 1 is 1.00 bits per heavy atom. The number of ether oxygens (including phenoxy) is 2. The Balaban J connectivity index is 1.54. The maximum Gasteiger partial charge on any atom is 0.326 e. The highest BCUT2D eigenvalue weighted by Gasteiger charge is 2.23. The molecule has 0 amide bonds. The zero-order valence-corrected chi connectivity index (χ0v) is 16.4. The molecule has 0 fully saturated rings. The van der Waals surface area contributed by atoms with E-state index < -0.39 is 22.0 Å². The molecule has 3 rings (SSSR count). The van der Waals surface area contributed by atoms with E-state index in [4.69, 9.17) is 9.47 Å². The summed E-state index contributed by atoms with van der Waals surface area (Å²) in [5.74, 6) is -0.170. The Labute approximate surface area is 164 Å². The van der Waals surface area contributed by atoms with Crippen molar-refractivity contribution in [2.75, 3.05) is 6.79 Å². The fourth-order valence-electron chi connectivity index (χ4n) is 2.60. The first-order valence-corrected chi connectivity index (χ1v) is 10.2. The SMILES string of the molecule is Cc1ccc(S(=O)(=O)N[C@@H](C)C(=O)OCOc2ccc3ccccc3c2)cc1. The van der Waals surface area contributed by atoms with Crippen molar-refractivity contribution in [3.05, 3.63) is 72.3 Å². The second kappa shape index (κ2) is 8.41. The third kappa shape index (κ3) is 4.88. The molecule has 0 heterocycles. The number of hydrogen-bond donors (Lipinski definition) is 1. The third-order valence-corrected chi connectivity index (χ3v) is 5.72. The van der Waals surface area contributed by atoms with Crippen molar-refractivity contribution in [1.82, 2.24) is 4.72 Å². The fourth-order valence-corrected chi connectivity index (χ4v) is 3.80. The Bertz CT molecular complexity index is 1080. The normalized spacial score (nSPS) is 12.5. The zero-order valence-electron chi connectivity index (χ0n) is 15.6. The minimum atomic E-state index is -3.81. The van der Waals surface area contributed by atoms with Crippen LogP contribution in [0.15, 0.2) is 71.6 Å². The highest BCUT2D eigenvalue weighted by atomic mass is 32.2. The van der Waals surface area contributed by atoms with E-state index in [-0.39, 0.29) is 11.7 Å². The van der Waals surface area contributed by atoms with E-state index in [1.165, 1.54) is 19.1 Å². The van der Waals surface area contributed by atoms with Gasteiger partial charge in [-0.15, -0.1) is 0 Å². The number of nitrogens with one attached hydrogen (secondary N) is 1. The minimum absolute atomic E-state index is 0.0881. The smallest absolute Gasteiger partial charge is 0.326 e. The monoisotopic (exact) mass is 399 g/mol. The van der Waals surface area contributed by atoms with Crippen molar-refractivity contribution in [3.63, 3.8) is 0 Å². The van der Waals surface area contributed by atoms with Gasteiger partial charge in [0.25, 0.3) is 0 Å². The van der Waals surface area contributed by atoms with Gasteiger partial charge in [-0.1, -0.05) is 48.0 Å². The average molecular weight is 399 g/mol. The molecule has 0 saturated heterocycles. The van der Waals surface area contributed by atoms with Gasteiger partial charge in [0, 0.05) is 0 Å². The van der Waals surface area contributed by atoms with E-state index in [0.29, 0.717) is 5.75 Å². The summed E-state index contributed by atoms with van der Waals surface area (Å²) in [4.78, 5) is 12.2. The first-order chi connectivity index (χ1) is 13.3. The molecule has 3 aromatic carbocycles. The predicted octanol–water partition coefficient (Wildman–Crippen LogP) is 3.39. The second-order valence-corrected chi connectivity index (χ2v) is 8.10. The summed E-state index contributed by atoms with van der Waals surface area (Å²) in [5.41, 5.74) is 0.942. The van der Waals surface area contributed by atoms with Crippen molar-refractivity contribution in [1.29, 1.82) is 0 Å². The number of fused-ring (bicyclic) bond motifs is 1. The molecule has 6 nitrogen and oxygen atoms in total. The van der Waals surface area contributed by atoms with Crippen LogP contribution in [-0.2, 0) is 19.6 Å². The molecule has 0 aromatic heterocycles. The topological polar surface area (TPSA) is 81.7 Å². The molecule has 0 spiro atoms. The van der Waals surface area contributed by atoms with Gasteiger partial charge in [0.2, 0.25) is 16.8 Å². The van der Waals surface area contributed by atoms with E-state index in [0.717, 1.165) is 16.3 Å². The Kier molecular flexibility index (Phi) is 5.96. The van der Waals surface area contributed by atoms with Crippen LogP contribution in [0.4, 0.5) is 0 Å². The van der Waals surface area contributed by atoms with Gasteiger partial charge < -0.3 is 9.47 Å². The maximum atomic E-state index is 12.3. The summed E-state index contributed by atoms with van der Waals surface area (Å²) >= 11 is 0. The van der Waals surface area contributed by atoms with E-state index in [1.807, 2.05) is 43.3 Å². The van der Waals surface area contributed by atoms with Gasteiger partial charge in [-0.25, -0.2) is 8.42 Å². The molecule has 7 heteroatoms. The number of carbonyl (C=O) groups is 1.